The zero-order valence-corrected chi connectivity index (χ0v) is 22.3. The molecular weight excluding hydrogens is 541 g/mol. The molecule has 5 N–H and O–H groups in total. The number of hydrogen-bond acceptors (Lipinski definition) is 8. The highest BCUT2D eigenvalue weighted by Gasteiger charge is 2.22. The molecule has 0 saturated heterocycles. The molecule has 0 unspecified atom stereocenters. The van der Waals surface area contributed by atoms with E-state index in [1.165, 1.54) is 13.3 Å². The van der Waals surface area contributed by atoms with Crippen LogP contribution >= 0.6 is 37.2 Å². The summed E-state index contributed by atoms with van der Waals surface area (Å²) in [6, 6.07) is 17.3. The molecule has 0 aliphatic heterocycles. The summed E-state index contributed by atoms with van der Waals surface area (Å²) in [5.74, 6) is -0.440. The molecule has 0 atom stereocenters. The van der Waals surface area contributed by atoms with Gasteiger partial charge in [-0.1, -0.05) is 24.3 Å². The van der Waals surface area contributed by atoms with Crippen LogP contribution < -0.4 is 20.9 Å². The van der Waals surface area contributed by atoms with Gasteiger partial charge in [0.05, 0.1) is 24.8 Å². The third-order valence-electron chi connectivity index (χ3n) is 5.32. The normalized spacial score (nSPS) is 9.81. The summed E-state index contributed by atoms with van der Waals surface area (Å²) in [5.41, 5.74) is 6.66. The van der Waals surface area contributed by atoms with Crippen LogP contribution in [0.3, 0.4) is 0 Å². The number of halogens is 3. The van der Waals surface area contributed by atoms with Crippen molar-refractivity contribution < 1.29 is 19.8 Å². The average Bonchev–Trinajstić information content (AvgIpc) is 2.90. The number of hydrogen-bond donors (Lipinski definition) is 5. The van der Waals surface area contributed by atoms with Crippen LogP contribution in [0.2, 0.25) is 0 Å². The van der Waals surface area contributed by atoms with Crippen LogP contribution in [0.15, 0.2) is 67.0 Å². The molecule has 0 radical (unpaired) electrons. The van der Waals surface area contributed by atoms with Gasteiger partial charge in [-0.25, -0.2) is 10.5 Å². The fourth-order valence-electron chi connectivity index (χ4n) is 3.66. The summed E-state index contributed by atoms with van der Waals surface area (Å²) in [4.78, 5) is 21.2. The maximum Gasteiger partial charge on any atom is 0.279 e. The Morgan fingerprint density at radius 1 is 0.946 bits per heavy atom. The van der Waals surface area contributed by atoms with E-state index in [1.54, 1.807) is 17.7 Å². The molecule has 4 rings (SSSR count). The maximum absolute atomic E-state index is 12.4. The molecule has 12 heteroatoms. The Hall–Kier alpha value is -3.34. The lowest BCUT2D eigenvalue weighted by Crippen LogP contribution is -2.20. The number of aliphatic hydroxyl groups excluding tert-OH is 1. The van der Waals surface area contributed by atoms with Gasteiger partial charge in [-0.2, -0.15) is 0 Å². The van der Waals surface area contributed by atoms with Crippen molar-refractivity contribution in [2.75, 3.05) is 30.9 Å². The van der Waals surface area contributed by atoms with Gasteiger partial charge in [-0.15, -0.1) is 37.2 Å². The van der Waals surface area contributed by atoms with E-state index in [2.05, 4.69) is 20.6 Å². The number of hydroxylamine groups is 1. The van der Waals surface area contributed by atoms with E-state index in [4.69, 9.17) is 9.84 Å². The Morgan fingerprint density at radius 3 is 2.19 bits per heavy atom. The van der Waals surface area contributed by atoms with Crippen LogP contribution in [-0.2, 0) is 6.54 Å². The van der Waals surface area contributed by atoms with Crippen molar-refractivity contribution in [3.05, 3.63) is 78.1 Å². The van der Waals surface area contributed by atoms with Gasteiger partial charge in [-0.05, 0) is 35.9 Å². The van der Waals surface area contributed by atoms with Crippen molar-refractivity contribution in [2.24, 2.45) is 0 Å². The predicted molar refractivity (Wildman–Crippen MR) is 152 cm³/mol. The van der Waals surface area contributed by atoms with Gasteiger partial charge in [-0.3, -0.25) is 15.0 Å². The summed E-state index contributed by atoms with van der Waals surface area (Å²) in [5, 5.41) is 25.1. The minimum Gasteiger partial charge on any atom is -0.494 e. The van der Waals surface area contributed by atoms with E-state index >= 15 is 0 Å². The van der Waals surface area contributed by atoms with Gasteiger partial charge in [0.25, 0.3) is 5.91 Å². The van der Waals surface area contributed by atoms with E-state index in [0.717, 1.165) is 22.5 Å². The van der Waals surface area contributed by atoms with Crippen LogP contribution in [0.1, 0.15) is 15.9 Å². The summed E-state index contributed by atoms with van der Waals surface area (Å²) >= 11 is 0. The summed E-state index contributed by atoms with van der Waals surface area (Å²) in [6.07, 6.45) is 3.11. The topological polar surface area (TPSA) is 129 Å². The minimum atomic E-state index is -0.697. The first-order valence-electron chi connectivity index (χ1n) is 10.7. The van der Waals surface area contributed by atoms with Crippen LogP contribution in [-0.4, -0.2) is 46.5 Å². The lowest BCUT2D eigenvalue weighted by Gasteiger charge is -2.15. The number of nitrogens with zero attached hydrogens (tertiary/aromatic N) is 2. The second-order valence-corrected chi connectivity index (χ2v) is 7.48. The van der Waals surface area contributed by atoms with E-state index in [0.29, 0.717) is 29.7 Å². The number of pyridine rings is 2. The first-order chi connectivity index (χ1) is 16.6. The number of aromatic nitrogens is 2. The molecule has 4 aromatic rings. The van der Waals surface area contributed by atoms with Crippen molar-refractivity contribution >= 4 is 65.4 Å². The molecule has 9 nitrogen and oxygen atoms in total. The number of rotatable bonds is 9. The van der Waals surface area contributed by atoms with E-state index in [-0.39, 0.29) is 55.1 Å². The molecule has 2 aromatic carbocycles. The van der Waals surface area contributed by atoms with Crippen LogP contribution in [0.5, 0.6) is 5.75 Å². The molecule has 0 spiro atoms. The summed E-state index contributed by atoms with van der Waals surface area (Å²) in [7, 11) is 1.46. The highest BCUT2D eigenvalue weighted by atomic mass is 35.5. The second kappa shape index (κ2) is 15.0. The van der Waals surface area contributed by atoms with Gasteiger partial charge in [0.15, 0.2) is 5.75 Å². The first-order valence-corrected chi connectivity index (χ1v) is 10.7. The van der Waals surface area contributed by atoms with Crippen molar-refractivity contribution in [1.82, 2.24) is 15.4 Å². The lowest BCUT2D eigenvalue weighted by molar-refractivity contribution is 0.0705. The van der Waals surface area contributed by atoms with Gasteiger partial charge in [0.1, 0.15) is 5.69 Å². The van der Waals surface area contributed by atoms with Crippen LogP contribution in [0, 0.1) is 0 Å². The zero-order chi connectivity index (χ0) is 23.9. The number of anilines is 2. The fraction of sp³-hybridized carbons (Fsp3) is 0.160. The Balaban J connectivity index is 0.00000228. The zero-order valence-electron chi connectivity index (χ0n) is 19.8. The average molecular weight is 569 g/mol. The summed E-state index contributed by atoms with van der Waals surface area (Å²) in [6.45, 7) is 1.22. The molecule has 198 valence electrons. The third-order valence-corrected chi connectivity index (χ3v) is 5.32. The largest absolute Gasteiger partial charge is 0.494 e. The van der Waals surface area contributed by atoms with Crippen molar-refractivity contribution in [3.63, 3.8) is 0 Å². The Morgan fingerprint density at radius 2 is 1.59 bits per heavy atom. The monoisotopic (exact) mass is 567 g/mol. The smallest absolute Gasteiger partial charge is 0.279 e. The molecular formula is C25H28Cl3N5O4. The highest BCUT2D eigenvalue weighted by Crippen LogP contribution is 2.36. The SMILES string of the molecule is COc1c(-c2ccc(CNc3ccc(NCCO)cc3)cc2)nc2ccncc2c1C(=O)NO.Cl.Cl.Cl. The van der Waals surface area contributed by atoms with Crippen molar-refractivity contribution in [3.8, 4) is 17.0 Å². The Kier molecular flexibility index (Phi) is 12.9. The maximum atomic E-state index is 12.4. The Bertz CT molecular complexity index is 1290. The first kappa shape index (κ1) is 31.7. The standard InChI is InChI=1S/C25H25N5O4.3ClH/c1-34-24-22(25(32)30-33)20-15-26-11-10-21(20)29-23(24)17-4-2-16(3-5-17)14-28-19-8-6-18(7-9-19)27-12-13-31;;;/h2-11,15,27-28,31,33H,12-14H2,1H3,(H,30,32);3*1H. The van der Waals surface area contributed by atoms with Crippen molar-refractivity contribution in [2.45, 2.75) is 6.54 Å². The van der Waals surface area contributed by atoms with E-state index in [9.17, 15) is 10.0 Å². The predicted octanol–water partition coefficient (Wildman–Crippen LogP) is 4.71. The number of aliphatic hydroxyl groups is 1. The molecule has 37 heavy (non-hydrogen) atoms. The van der Waals surface area contributed by atoms with Gasteiger partial charge >= 0.3 is 0 Å². The van der Waals surface area contributed by atoms with Gasteiger partial charge in [0.2, 0.25) is 0 Å². The lowest BCUT2D eigenvalue weighted by atomic mass is 10.0. The molecule has 0 fully saturated rings. The van der Waals surface area contributed by atoms with E-state index < -0.39 is 5.91 Å². The number of carbonyl (C=O) groups is 1. The number of benzene rings is 2. The minimum absolute atomic E-state index is 0. The number of amides is 1. The van der Waals surface area contributed by atoms with Crippen LogP contribution in [0.25, 0.3) is 22.2 Å². The number of ether oxygens (including phenoxy) is 1. The fourth-order valence-corrected chi connectivity index (χ4v) is 3.66. The second-order valence-electron chi connectivity index (χ2n) is 7.48. The molecule has 0 saturated carbocycles. The number of fused-ring (bicyclic) bond motifs is 1. The molecule has 0 aliphatic carbocycles. The van der Waals surface area contributed by atoms with Crippen molar-refractivity contribution in [1.29, 1.82) is 0 Å². The summed E-state index contributed by atoms with van der Waals surface area (Å²) < 4.78 is 5.54. The number of carbonyl (C=O) groups excluding carboxylic acids is 1. The van der Waals surface area contributed by atoms with E-state index in [1.807, 2.05) is 48.5 Å². The number of methoxy groups -OCH3 is 1. The quantitative estimate of drug-likeness (QED) is 0.145. The number of nitrogens with one attached hydrogen (secondary N) is 3. The molecule has 1 amide bonds. The Labute approximate surface area is 232 Å². The molecule has 0 bridgehead atoms. The van der Waals surface area contributed by atoms with Crippen LogP contribution in [0.4, 0.5) is 11.4 Å². The molecule has 0 aliphatic rings. The highest BCUT2D eigenvalue weighted by molar-refractivity contribution is 6.09. The van der Waals surface area contributed by atoms with Gasteiger partial charge < -0.3 is 20.5 Å². The molecule has 2 heterocycles. The third kappa shape index (κ3) is 7.34. The van der Waals surface area contributed by atoms with Gasteiger partial charge in [0, 0.05) is 47.8 Å². The molecule has 2 aromatic heterocycles.